The second kappa shape index (κ2) is 5.36. The summed E-state index contributed by atoms with van der Waals surface area (Å²) in [4.78, 5) is 11.6. The highest BCUT2D eigenvalue weighted by molar-refractivity contribution is 8.01. The van der Waals surface area contributed by atoms with Gasteiger partial charge in [-0.05, 0) is 11.8 Å². The molecule has 6 heteroatoms. The lowest BCUT2D eigenvalue weighted by atomic mass is 10.1. The molecule has 0 aromatic heterocycles. The number of rotatable bonds is 4. The summed E-state index contributed by atoms with van der Waals surface area (Å²) in [6.45, 7) is 0. The summed E-state index contributed by atoms with van der Waals surface area (Å²) in [7, 11) is 1.07. The van der Waals surface area contributed by atoms with Crippen molar-refractivity contribution in [3.05, 3.63) is 35.9 Å². The van der Waals surface area contributed by atoms with Crippen LogP contribution in [0.2, 0.25) is 0 Å². The zero-order chi connectivity index (χ0) is 12.2. The second-order valence-corrected chi connectivity index (χ2v) is 3.99. The van der Waals surface area contributed by atoms with Crippen LogP contribution in [0.1, 0.15) is 10.4 Å². The normalized spacial score (nSPS) is 13.5. The molecular weight excluding hydrogens is 241 g/mol. The molecule has 0 fully saturated rings. The smallest absolute Gasteiger partial charge is 0.362 e. The number of methoxy groups -OCH3 is 1. The third kappa shape index (κ3) is 3.86. The largest absolute Gasteiger partial charge is 0.444 e. The molecule has 88 valence electrons. The zero-order valence-electron chi connectivity index (χ0n) is 8.32. The molecule has 0 spiro atoms. The van der Waals surface area contributed by atoms with Gasteiger partial charge in [-0.15, -0.1) is 0 Å². The molecule has 1 rings (SSSR count). The highest BCUT2D eigenvalue weighted by Crippen LogP contribution is 2.35. The van der Waals surface area contributed by atoms with E-state index < -0.39 is 28.5 Å². The molecule has 1 atom stereocenters. The summed E-state index contributed by atoms with van der Waals surface area (Å²) in [6.07, 6.45) is 0. The first-order valence-electron chi connectivity index (χ1n) is 4.30. The lowest BCUT2D eigenvalue weighted by molar-refractivity contribution is -0.0358. The van der Waals surface area contributed by atoms with E-state index in [1.54, 1.807) is 18.2 Å². The molecule has 0 heterocycles. The zero-order valence-corrected chi connectivity index (χ0v) is 9.14. The fourth-order valence-corrected chi connectivity index (χ4v) is 1.65. The number of halogens is 3. The van der Waals surface area contributed by atoms with Gasteiger partial charge in [0.15, 0.2) is 5.44 Å². The van der Waals surface area contributed by atoms with Crippen molar-refractivity contribution in [2.24, 2.45) is 0 Å². The number of ketones is 1. The first-order valence-corrected chi connectivity index (χ1v) is 5.18. The Labute approximate surface area is 94.8 Å². The summed E-state index contributed by atoms with van der Waals surface area (Å²) in [5.41, 5.74) is -5.85. The van der Waals surface area contributed by atoms with Crippen molar-refractivity contribution in [2.75, 3.05) is 7.11 Å². The van der Waals surface area contributed by atoms with E-state index in [1.807, 2.05) is 0 Å². The van der Waals surface area contributed by atoms with E-state index in [1.165, 1.54) is 12.1 Å². The summed E-state index contributed by atoms with van der Waals surface area (Å²) >= 11 is -0.467. The molecule has 0 aliphatic heterocycles. The van der Waals surface area contributed by atoms with Crippen LogP contribution in [0.5, 0.6) is 0 Å². The molecule has 1 aromatic carbocycles. The number of hydrogen-bond donors (Lipinski definition) is 0. The summed E-state index contributed by atoms with van der Waals surface area (Å²) in [5, 5.41) is 0. The van der Waals surface area contributed by atoms with Crippen molar-refractivity contribution in [2.45, 2.75) is 10.9 Å². The van der Waals surface area contributed by atoms with Gasteiger partial charge >= 0.3 is 5.51 Å². The molecule has 0 bridgehead atoms. The van der Waals surface area contributed by atoms with Gasteiger partial charge in [-0.25, -0.2) is 0 Å². The number of benzene rings is 1. The molecule has 1 aromatic rings. The molecule has 2 nitrogen and oxygen atoms in total. The van der Waals surface area contributed by atoms with Gasteiger partial charge in [-0.1, -0.05) is 30.3 Å². The number of hydrogen-bond acceptors (Lipinski definition) is 3. The van der Waals surface area contributed by atoms with Gasteiger partial charge in [0.05, 0.1) is 0 Å². The van der Waals surface area contributed by atoms with Crippen molar-refractivity contribution in [3.8, 4) is 0 Å². The predicted molar refractivity (Wildman–Crippen MR) is 55.2 cm³/mol. The van der Waals surface area contributed by atoms with Crippen LogP contribution in [0, 0.1) is 0 Å². The molecule has 0 saturated heterocycles. The topological polar surface area (TPSA) is 26.3 Å². The van der Waals surface area contributed by atoms with E-state index >= 15 is 0 Å². The Morgan fingerprint density at radius 1 is 1.31 bits per heavy atom. The molecule has 0 aliphatic rings. The fraction of sp³-hybridized carbons (Fsp3) is 0.300. The maximum atomic E-state index is 12.1. The molecule has 0 amide bonds. The minimum atomic E-state index is -4.49. The van der Waals surface area contributed by atoms with Crippen LogP contribution in [0.25, 0.3) is 0 Å². The molecule has 0 N–H and O–H groups in total. The van der Waals surface area contributed by atoms with Crippen LogP contribution >= 0.6 is 11.8 Å². The second-order valence-electron chi connectivity index (χ2n) is 2.86. The summed E-state index contributed by atoms with van der Waals surface area (Å²) in [6, 6.07) is 7.74. The van der Waals surface area contributed by atoms with Crippen LogP contribution < -0.4 is 0 Å². The van der Waals surface area contributed by atoms with Crippen molar-refractivity contribution in [3.63, 3.8) is 0 Å². The number of thioether (sulfide) groups is 1. The number of alkyl halides is 3. The quantitative estimate of drug-likeness (QED) is 0.606. The van der Waals surface area contributed by atoms with Crippen LogP contribution in [0.3, 0.4) is 0 Å². The molecule has 0 radical (unpaired) electrons. The van der Waals surface area contributed by atoms with E-state index in [4.69, 9.17) is 0 Å². The Kier molecular flexibility index (Phi) is 4.37. The fourth-order valence-electron chi connectivity index (χ4n) is 1.07. The number of carbonyl (C=O) groups is 1. The third-order valence-corrected chi connectivity index (χ3v) is 2.61. The van der Waals surface area contributed by atoms with Gasteiger partial charge in [-0.3, -0.25) is 4.79 Å². The van der Waals surface area contributed by atoms with Crippen LogP contribution in [0.15, 0.2) is 30.3 Å². The minimum Gasteiger partial charge on any atom is -0.362 e. The maximum Gasteiger partial charge on any atom is 0.444 e. The van der Waals surface area contributed by atoms with Gasteiger partial charge in [0.2, 0.25) is 5.78 Å². The van der Waals surface area contributed by atoms with Gasteiger partial charge in [0.25, 0.3) is 0 Å². The highest BCUT2D eigenvalue weighted by atomic mass is 32.2. The van der Waals surface area contributed by atoms with Crippen LogP contribution in [-0.2, 0) is 4.74 Å². The Bertz CT molecular complexity index is 351. The van der Waals surface area contributed by atoms with Crippen molar-refractivity contribution in [1.82, 2.24) is 0 Å². The average molecular weight is 250 g/mol. The molecular formula is C10H9F3O2S. The molecule has 0 aliphatic carbocycles. The maximum absolute atomic E-state index is 12.1. The standard InChI is InChI=1S/C10H9F3O2S/c1-15-9(16-10(11,12)13)8(14)7-5-3-2-4-6-7/h2-6,9H,1H3. The Hall–Kier alpha value is -1.01. The first kappa shape index (κ1) is 13.1. The van der Waals surface area contributed by atoms with E-state index in [0.29, 0.717) is 0 Å². The SMILES string of the molecule is COC(SC(F)(F)F)C(=O)c1ccccc1. The Morgan fingerprint density at radius 3 is 2.31 bits per heavy atom. The van der Waals surface area contributed by atoms with E-state index in [9.17, 15) is 18.0 Å². The van der Waals surface area contributed by atoms with Gasteiger partial charge < -0.3 is 4.74 Å². The van der Waals surface area contributed by atoms with Crippen molar-refractivity contribution >= 4 is 17.5 Å². The lowest BCUT2D eigenvalue weighted by Crippen LogP contribution is -2.23. The van der Waals surface area contributed by atoms with Gasteiger partial charge in [0.1, 0.15) is 0 Å². The van der Waals surface area contributed by atoms with Gasteiger partial charge in [0, 0.05) is 12.7 Å². The van der Waals surface area contributed by atoms with Gasteiger partial charge in [-0.2, -0.15) is 13.2 Å². The highest BCUT2D eigenvalue weighted by Gasteiger charge is 2.36. The monoisotopic (exact) mass is 250 g/mol. The van der Waals surface area contributed by atoms with Crippen molar-refractivity contribution in [1.29, 1.82) is 0 Å². The molecule has 1 unspecified atom stereocenters. The van der Waals surface area contributed by atoms with E-state index in [-0.39, 0.29) is 5.56 Å². The summed E-state index contributed by atoms with van der Waals surface area (Å²) < 4.78 is 40.8. The number of carbonyl (C=O) groups excluding carboxylic acids is 1. The molecule has 16 heavy (non-hydrogen) atoms. The lowest BCUT2D eigenvalue weighted by Gasteiger charge is -2.15. The number of Topliss-reactive ketones (excluding diaryl/α,β-unsaturated/α-hetero) is 1. The predicted octanol–water partition coefficient (Wildman–Crippen LogP) is 3.09. The van der Waals surface area contributed by atoms with Crippen LogP contribution in [-0.4, -0.2) is 23.8 Å². The minimum absolute atomic E-state index is 0.200. The molecule has 0 saturated carbocycles. The average Bonchev–Trinajstić information content (AvgIpc) is 2.25. The van der Waals surface area contributed by atoms with Crippen molar-refractivity contribution < 1.29 is 22.7 Å². The number of ether oxygens (including phenoxy) is 1. The summed E-state index contributed by atoms with van der Waals surface area (Å²) in [5.74, 6) is -0.689. The third-order valence-electron chi connectivity index (χ3n) is 1.73. The Balaban J connectivity index is 2.78. The first-order chi connectivity index (χ1) is 7.44. The van der Waals surface area contributed by atoms with E-state index in [0.717, 1.165) is 7.11 Å². The van der Waals surface area contributed by atoms with E-state index in [2.05, 4.69) is 4.74 Å². The van der Waals surface area contributed by atoms with Crippen LogP contribution in [0.4, 0.5) is 13.2 Å². The Morgan fingerprint density at radius 2 is 1.88 bits per heavy atom.